The smallest absolute Gasteiger partial charge is 0.266 e. The van der Waals surface area contributed by atoms with Crippen LogP contribution in [0.25, 0.3) is 10.2 Å². The molecule has 0 fully saturated rings. The number of benzene rings is 2. The lowest BCUT2D eigenvalue weighted by Gasteiger charge is -2.20. The summed E-state index contributed by atoms with van der Waals surface area (Å²) < 4.78 is 14.0. The molecule has 7 nitrogen and oxygen atoms in total. The van der Waals surface area contributed by atoms with Gasteiger partial charge in [0.1, 0.15) is 11.5 Å². The highest BCUT2D eigenvalue weighted by Gasteiger charge is 2.20. The lowest BCUT2D eigenvalue weighted by molar-refractivity contribution is -0.120. The number of carbonyl (C=O) groups is 1. The highest BCUT2D eigenvalue weighted by molar-refractivity contribution is 7.22. The Kier molecular flexibility index (Phi) is 6.24. The number of rotatable bonds is 9. The molecule has 2 aromatic heterocycles. The average Bonchev–Trinajstić information content (AvgIpc) is 3.43. The lowest BCUT2D eigenvalue weighted by atomic mass is 10.3. The number of amides is 1. The second-order valence-corrected chi connectivity index (χ2v) is 7.48. The molecular formula is C22H22N4O3S. The molecule has 1 amide bonds. The molecule has 2 heterocycles. The number of thiazole rings is 1. The summed E-state index contributed by atoms with van der Waals surface area (Å²) in [6, 6.07) is 17.0. The molecule has 4 aromatic rings. The summed E-state index contributed by atoms with van der Waals surface area (Å²) in [5.74, 6) is 1.23. The van der Waals surface area contributed by atoms with E-state index < -0.39 is 0 Å². The first-order valence-corrected chi connectivity index (χ1v) is 10.5. The van der Waals surface area contributed by atoms with E-state index in [0.29, 0.717) is 30.6 Å². The maximum Gasteiger partial charge on any atom is 0.266 e. The average molecular weight is 423 g/mol. The van der Waals surface area contributed by atoms with Crippen LogP contribution >= 0.6 is 11.3 Å². The van der Waals surface area contributed by atoms with E-state index in [1.165, 1.54) is 11.3 Å². The quantitative estimate of drug-likeness (QED) is 0.408. The van der Waals surface area contributed by atoms with Gasteiger partial charge in [-0.3, -0.25) is 14.4 Å². The Morgan fingerprint density at radius 3 is 2.53 bits per heavy atom. The van der Waals surface area contributed by atoms with Crippen molar-refractivity contribution in [1.82, 2.24) is 14.8 Å². The monoisotopic (exact) mass is 422 g/mol. The van der Waals surface area contributed by atoms with Crippen molar-refractivity contribution in [2.24, 2.45) is 0 Å². The molecule has 0 unspecified atom stereocenters. The number of nitrogens with zero attached hydrogens (tertiary/aromatic N) is 4. The summed E-state index contributed by atoms with van der Waals surface area (Å²) in [6.45, 7) is 3.47. The van der Waals surface area contributed by atoms with Crippen LogP contribution in [0, 0.1) is 0 Å². The van der Waals surface area contributed by atoms with E-state index >= 15 is 0 Å². The minimum atomic E-state index is -0.157. The molecule has 4 rings (SSSR count). The Morgan fingerprint density at radius 2 is 1.83 bits per heavy atom. The van der Waals surface area contributed by atoms with E-state index in [1.807, 2.05) is 55.6 Å². The van der Waals surface area contributed by atoms with Gasteiger partial charge in [-0.2, -0.15) is 5.10 Å². The maximum absolute atomic E-state index is 13.0. The minimum absolute atomic E-state index is 0.0803. The van der Waals surface area contributed by atoms with Crippen molar-refractivity contribution in [2.75, 3.05) is 24.7 Å². The molecule has 0 atom stereocenters. The summed E-state index contributed by atoms with van der Waals surface area (Å²) in [5, 5.41) is 4.88. The Morgan fingerprint density at radius 1 is 1.07 bits per heavy atom. The zero-order valence-electron chi connectivity index (χ0n) is 16.6. The molecule has 0 radical (unpaired) electrons. The van der Waals surface area contributed by atoms with E-state index in [2.05, 4.69) is 10.1 Å². The van der Waals surface area contributed by atoms with Crippen molar-refractivity contribution in [3.05, 3.63) is 67.0 Å². The predicted octanol–water partition coefficient (Wildman–Crippen LogP) is 4.00. The maximum atomic E-state index is 13.0. The fourth-order valence-corrected chi connectivity index (χ4v) is 3.97. The fourth-order valence-electron chi connectivity index (χ4n) is 2.96. The van der Waals surface area contributed by atoms with Crippen molar-refractivity contribution in [3.63, 3.8) is 0 Å². The van der Waals surface area contributed by atoms with Crippen LogP contribution in [0.15, 0.2) is 67.0 Å². The first-order chi connectivity index (χ1) is 14.7. The van der Waals surface area contributed by atoms with Crippen LogP contribution in [0.2, 0.25) is 0 Å². The highest BCUT2D eigenvalue weighted by atomic mass is 32.1. The number of hydrogen-bond donors (Lipinski definition) is 0. The van der Waals surface area contributed by atoms with Gasteiger partial charge in [0.15, 0.2) is 11.7 Å². The largest absolute Gasteiger partial charge is 0.494 e. The summed E-state index contributed by atoms with van der Waals surface area (Å²) in [4.78, 5) is 19.3. The van der Waals surface area contributed by atoms with Crippen molar-refractivity contribution in [1.29, 1.82) is 0 Å². The van der Waals surface area contributed by atoms with Crippen LogP contribution in [0.1, 0.15) is 6.92 Å². The molecule has 154 valence electrons. The van der Waals surface area contributed by atoms with Gasteiger partial charge in [0.05, 0.1) is 23.4 Å². The van der Waals surface area contributed by atoms with E-state index in [0.717, 1.165) is 16.0 Å². The lowest BCUT2D eigenvalue weighted by Crippen LogP contribution is -2.37. The van der Waals surface area contributed by atoms with Crippen molar-refractivity contribution >= 4 is 32.6 Å². The SMILES string of the molecule is CCOc1ccc(OCC(=O)N(CCn2cccn2)c2nc3ccccc3s2)cc1. The van der Waals surface area contributed by atoms with Gasteiger partial charge in [-0.05, 0) is 49.4 Å². The van der Waals surface area contributed by atoms with E-state index in [1.54, 1.807) is 27.9 Å². The molecule has 0 saturated carbocycles. The summed E-state index contributed by atoms with van der Waals surface area (Å²) in [7, 11) is 0. The predicted molar refractivity (Wildman–Crippen MR) is 117 cm³/mol. The van der Waals surface area contributed by atoms with Crippen LogP contribution in [0.4, 0.5) is 5.13 Å². The van der Waals surface area contributed by atoms with Gasteiger partial charge in [-0.25, -0.2) is 4.98 Å². The number of anilines is 1. The molecule has 0 aliphatic carbocycles. The van der Waals surface area contributed by atoms with Crippen molar-refractivity contribution in [2.45, 2.75) is 13.5 Å². The molecule has 0 aliphatic heterocycles. The summed E-state index contributed by atoms with van der Waals surface area (Å²) >= 11 is 1.49. The summed E-state index contributed by atoms with van der Waals surface area (Å²) in [5.41, 5.74) is 0.877. The van der Waals surface area contributed by atoms with E-state index in [9.17, 15) is 4.79 Å². The topological polar surface area (TPSA) is 69.5 Å². The second-order valence-electron chi connectivity index (χ2n) is 6.47. The van der Waals surface area contributed by atoms with Crippen LogP contribution in [0.3, 0.4) is 0 Å². The standard InChI is InChI=1S/C22H22N4O3S/c1-2-28-17-8-10-18(11-9-17)29-16-21(27)26(15-14-25-13-5-12-23-25)22-24-19-6-3-4-7-20(19)30-22/h3-13H,2,14-16H2,1H3. The third kappa shape index (κ3) is 4.77. The van der Waals surface area contributed by atoms with Gasteiger partial charge in [0.25, 0.3) is 5.91 Å². The normalized spacial score (nSPS) is 10.8. The highest BCUT2D eigenvalue weighted by Crippen LogP contribution is 2.29. The fraction of sp³-hybridized carbons (Fsp3) is 0.227. The Hall–Kier alpha value is -3.39. The Bertz CT molecular complexity index is 1060. The third-order valence-electron chi connectivity index (χ3n) is 4.42. The molecule has 0 spiro atoms. The second kappa shape index (κ2) is 9.41. The van der Waals surface area contributed by atoms with Crippen molar-refractivity contribution < 1.29 is 14.3 Å². The Labute approximate surface area is 178 Å². The minimum Gasteiger partial charge on any atom is -0.494 e. The Balaban J connectivity index is 1.48. The number of ether oxygens (including phenoxy) is 2. The van der Waals surface area contributed by atoms with Gasteiger partial charge in [0.2, 0.25) is 0 Å². The zero-order valence-corrected chi connectivity index (χ0v) is 17.4. The van der Waals surface area contributed by atoms with Gasteiger partial charge in [-0.15, -0.1) is 0 Å². The number of carbonyl (C=O) groups excluding carboxylic acids is 1. The molecule has 30 heavy (non-hydrogen) atoms. The molecule has 0 N–H and O–H groups in total. The zero-order chi connectivity index (χ0) is 20.8. The molecular weight excluding hydrogens is 400 g/mol. The van der Waals surface area contributed by atoms with Crippen LogP contribution in [-0.2, 0) is 11.3 Å². The van der Waals surface area contributed by atoms with Crippen LogP contribution < -0.4 is 14.4 Å². The van der Waals surface area contributed by atoms with E-state index in [-0.39, 0.29) is 12.5 Å². The molecule has 0 aliphatic rings. The molecule has 2 aromatic carbocycles. The third-order valence-corrected chi connectivity index (χ3v) is 5.48. The summed E-state index contributed by atoms with van der Waals surface area (Å²) in [6.07, 6.45) is 3.59. The number of para-hydroxylation sites is 1. The molecule has 8 heteroatoms. The number of hydrogen-bond acceptors (Lipinski definition) is 6. The van der Waals surface area contributed by atoms with Gasteiger partial charge < -0.3 is 9.47 Å². The molecule has 0 saturated heterocycles. The van der Waals surface area contributed by atoms with Gasteiger partial charge >= 0.3 is 0 Å². The van der Waals surface area contributed by atoms with E-state index in [4.69, 9.17) is 9.47 Å². The number of aromatic nitrogens is 3. The van der Waals surface area contributed by atoms with Gasteiger partial charge in [-0.1, -0.05) is 23.5 Å². The molecule has 0 bridgehead atoms. The number of fused-ring (bicyclic) bond motifs is 1. The van der Waals surface area contributed by atoms with Gasteiger partial charge in [0, 0.05) is 18.9 Å². The van der Waals surface area contributed by atoms with Crippen LogP contribution in [0.5, 0.6) is 11.5 Å². The van der Waals surface area contributed by atoms with Crippen LogP contribution in [-0.4, -0.2) is 40.4 Å². The first-order valence-electron chi connectivity index (χ1n) is 9.72. The van der Waals surface area contributed by atoms with Crippen molar-refractivity contribution in [3.8, 4) is 11.5 Å². The first kappa shape index (κ1) is 19.9.